The highest BCUT2D eigenvalue weighted by atomic mass is 32.1. The van der Waals surface area contributed by atoms with E-state index in [4.69, 9.17) is 0 Å². The van der Waals surface area contributed by atoms with E-state index in [2.05, 4.69) is 10.3 Å². The molecule has 0 saturated heterocycles. The molecule has 5 nitrogen and oxygen atoms in total. The van der Waals surface area contributed by atoms with Gasteiger partial charge in [-0.3, -0.25) is 14.9 Å². The maximum atomic E-state index is 11.7. The minimum Gasteiger partial charge on any atom is -0.310 e. The predicted molar refractivity (Wildman–Crippen MR) is 70.1 cm³/mol. The van der Waals surface area contributed by atoms with E-state index in [1.807, 2.05) is 23.6 Å². The number of nitrogens with zero attached hydrogens (tertiary/aromatic N) is 2. The summed E-state index contributed by atoms with van der Waals surface area (Å²) in [4.78, 5) is 29.2. The first kappa shape index (κ1) is 12.5. The number of amides is 2. The number of likely N-dealkylation sites (N-methyl/N-ethyl adjacent to an activating group) is 1. The monoisotopic (exact) mass is 263 g/mol. The van der Waals surface area contributed by atoms with E-state index < -0.39 is 0 Å². The number of rotatable bonds is 2. The maximum absolute atomic E-state index is 11.7. The molecule has 1 aromatic rings. The smallest absolute Gasteiger partial charge is 0.296 e. The minimum absolute atomic E-state index is 0.243. The first-order valence-corrected chi connectivity index (χ1v) is 6.33. The summed E-state index contributed by atoms with van der Waals surface area (Å²) in [5.74, 6) is -0.282. The lowest BCUT2D eigenvalue weighted by atomic mass is 10.2. The van der Waals surface area contributed by atoms with Crippen LogP contribution in [0.25, 0.3) is 0 Å². The molecule has 0 atom stereocenters. The Balaban J connectivity index is 2.10. The Morgan fingerprint density at radius 2 is 2.39 bits per heavy atom. The van der Waals surface area contributed by atoms with E-state index in [9.17, 15) is 9.59 Å². The highest BCUT2D eigenvalue weighted by Crippen LogP contribution is 2.16. The fourth-order valence-corrected chi connectivity index (χ4v) is 2.27. The summed E-state index contributed by atoms with van der Waals surface area (Å²) in [6, 6.07) is 3.98. The molecule has 0 spiro atoms. The predicted octanol–water partition coefficient (Wildman–Crippen LogP) is 1.14. The minimum atomic E-state index is -0.321. The van der Waals surface area contributed by atoms with Gasteiger partial charge in [-0.05, 0) is 17.5 Å². The average Bonchev–Trinajstić information content (AvgIpc) is 2.87. The molecule has 18 heavy (non-hydrogen) atoms. The number of hydrogen-bond acceptors (Lipinski definition) is 4. The standard InChI is InChI=1S/C12H13N3O2S/c1-8(16)13-12-14-11(17)10(15(12)2)6-5-9-4-3-7-18-9/h3-4,6-7H,5H2,1-2H3,(H,13,14,16,17)/b10-6+. The Morgan fingerprint density at radius 3 is 3.00 bits per heavy atom. The first-order chi connectivity index (χ1) is 8.58. The largest absolute Gasteiger partial charge is 0.310 e. The second kappa shape index (κ2) is 5.14. The van der Waals surface area contributed by atoms with Crippen LogP contribution in [0.4, 0.5) is 0 Å². The fraction of sp³-hybridized carbons (Fsp3) is 0.250. The molecule has 1 aliphatic heterocycles. The lowest BCUT2D eigenvalue weighted by molar-refractivity contribution is -0.117. The van der Waals surface area contributed by atoms with Crippen LogP contribution < -0.4 is 5.32 Å². The van der Waals surface area contributed by atoms with E-state index in [0.29, 0.717) is 12.1 Å². The zero-order valence-electron chi connectivity index (χ0n) is 10.1. The summed E-state index contributed by atoms with van der Waals surface area (Å²) < 4.78 is 0. The molecule has 0 unspecified atom stereocenters. The SMILES string of the molecule is CC(=O)NC1=NC(=O)/C(=C\Cc2cccs2)N1C. The number of carbonyl (C=O) groups is 2. The zero-order valence-corrected chi connectivity index (χ0v) is 11.0. The molecule has 0 fully saturated rings. The number of guanidine groups is 1. The van der Waals surface area contributed by atoms with Crippen LogP contribution >= 0.6 is 11.3 Å². The van der Waals surface area contributed by atoms with Crippen molar-refractivity contribution in [2.75, 3.05) is 7.05 Å². The number of thiophene rings is 1. The van der Waals surface area contributed by atoms with Crippen molar-refractivity contribution < 1.29 is 9.59 Å². The number of aliphatic imine (C=N–C) groups is 1. The van der Waals surface area contributed by atoms with Gasteiger partial charge in [0.25, 0.3) is 5.91 Å². The summed E-state index contributed by atoms with van der Waals surface area (Å²) in [6.07, 6.45) is 2.51. The lowest BCUT2D eigenvalue weighted by Crippen LogP contribution is -2.37. The molecule has 0 saturated carbocycles. The number of carbonyl (C=O) groups excluding carboxylic acids is 2. The van der Waals surface area contributed by atoms with Crippen LogP contribution in [0.2, 0.25) is 0 Å². The third-order valence-electron chi connectivity index (χ3n) is 2.47. The number of allylic oxidation sites excluding steroid dienone is 1. The van der Waals surface area contributed by atoms with Crippen molar-refractivity contribution in [2.45, 2.75) is 13.3 Å². The van der Waals surface area contributed by atoms with E-state index in [1.54, 1.807) is 23.3 Å². The first-order valence-electron chi connectivity index (χ1n) is 5.45. The van der Waals surface area contributed by atoms with Gasteiger partial charge in [-0.25, -0.2) is 0 Å². The van der Waals surface area contributed by atoms with Crippen LogP contribution in [0.1, 0.15) is 11.8 Å². The summed E-state index contributed by atoms with van der Waals surface area (Å²) in [5, 5.41) is 4.52. The van der Waals surface area contributed by atoms with Gasteiger partial charge >= 0.3 is 0 Å². The highest BCUT2D eigenvalue weighted by molar-refractivity contribution is 7.09. The van der Waals surface area contributed by atoms with Crippen molar-refractivity contribution >= 4 is 29.1 Å². The summed E-state index contributed by atoms with van der Waals surface area (Å²) in [7, 11) is 1.71. The Bertz CT molecular complexity index is 532. The fourth-order valence-electron chi connectivity index (χ4n) is 1.61. The highest BCUT2D eigenvalue weighted by Gasteiger charge is 2.26. The molecule has 2 rings (SSSR count). The Kier molecular flexibility index (Phi) is 3.57. The molecule has 94 valence electrons. The van der Waals surface area contributed by atoms with E-state index >= 15 is 0 Å². The van der Waals surface area contributed by atoms with Gasteiger partial charge in [0.2, 0.25) is 11.9 Å². The van der Waals surface area contributed by atoms with Gasteiger partial charge < -0.3 is 4.90 Å². The quantitative estimate of drug-likeness (QED) is 0.814. The molecular formula is C12H13N3O2S. The second-order valence-electron chi connectivity index (χ2n) is 3.85. The molecule has 0 aromatic carbocycles. The average molecular weight is 263 g/mol. The lowest BCUT2D eigenvalue weighted by Gasteiger charge is -2.14. The van der Waals surface area contributed by atoms with Crippen LogP contribution in [0.15, 0.2) is 34.3 Å². The van der Waals surface area contributed by atoms with Crippen molar-refractivity contribution in [2.24, 2.45) is 4.99 Å². The van der Waals surface area contributed by atoms with Crippen LogP contribution in [0, 0.1) is 0 Å². The maximum Gasteiger partial charge on any atom is 0.296 e. The van der Waals surface area contributed by atoms with Crippen molar-refractivity contribution in [3.63, 3.8) is 0 Å². The van der Waals surface area contributed by atoms with Gasteiger partial charge in [-0.2, -0.15) is 4.99 Å². The van der Waals surface area contributed by atoms with Gasteiger partial charge in [0.05, 0.1) is 0 Å². The topological polar surface area (TPSA) is 61.8 Å². The van der Waals surface area contributed by atoms with E-state index in [-0.39, 0.29) is 17.8 Å². The van der Waals surface area contributed by atoms with Crippen molar-refractivity contribution in [3.05, 3.63) is 34.2 Å². The normalized spacial score (nSPS) is 17.2. The van der Waals surface area contributed by atoms with Crippen molar-refractivity contribution in [1.29, 1.82) is 0 Å². The Labute approximate surface area is 109 Å². The Hall–Kier alpha value is -1.95. The molecule has 0 aliphatic carbocycles. The van der Waals surface area contributed by atoms with Gasteiger partial charge in [0.1, 0.15) is 5.70 Å². The Morgan fingerprint density at radius 1 is 1.61 bits per heavy atom. The molecule has 2 heterocycles. The molecular weight excluding hydrogens is 250 g/mol. The van der Waals surface area contributed by atoms with Crippen LogP contribution in [-0.4, -0.2) is 29.7 Å². The molecule has 0 radical (unpaired) electrons. The van der Waals surface area contributed by atoms with Crippen LogP contribution in [0.5, 0.6) is 0 Å². The van der Waals surface area contributed by atoms with Gasteiger partial charge in [-0.15, -0.1) is 11.3 Å². The molecule has 2 amide bonds. The van der Waals surface area contributed by atoms with Crippen molar-refractivity contribution in [1.82, 2.24) is 10.2 Å². The van der Waals surface area contributed by atoms with E-state index in [0.717, 1.165) is 0 Å². The third-order valence-corrected chi connectivity index (χ3v) is 3.37. The van der Waals surface area contributed by atoms with Crippen molar-refractivity contribution in [3.8, 4) is 0 Å². The number of nitrogens with one attached hydrogen (secondary N) is 1. The third kappa shape index (κ3) is 2.65. The summed E-state index contributed by atoms with van der Waals surface area (Å²) >= 11 is 1.64. The molecule has 1 aliphatic rings. The molecule has 0 bridgehead atoms. The molecule has 6 heteroatoms. The zero-order chi connectivity index (χ0) is 13.1. The second-order valence-corrected chi connectivity index (χ2v) is 4.89. The van der Waals surface area contributed by atoms with Crippen LogP contribution in [0.3, 0.4) is 0 Å². The van der Waals surface area contributed by atoms with Gasteiger partial charge in [0.15, 0.2) is 0 Å². The molecule has 1 aromatic heterocycles. The van der Waals surface area contributed by atoms with E-state index in [1.165, 1.54) is 11.8 Å². The molecule has 1 N–H and O–H groups in total. The van der Waals surface area contributed by atoms with Crippen LogP contribution in [-0.2, 0) is 16.0 Å². The van der Waals surface area contributed by atoms with Gasteiger partial charge in [-0.1, -0.05) is 6.07 Å². The van der Waals surface area contributed by atoms with Gasteiger partial charge in [0, 0.05) is 25.3 Å². The summed E-state index contributed by atoms with van der Waals surface area (Å²) in [5.41, 5.74) is 0.493. The summed E-state index contributed by atoms with van der Waals surface area (Å²) in [6.45, 7) is 1.38. The number of hydrogen-bond donors (Lipinski definition) is 1.